The number of fused-ring (bicyclic) bond motifs is 1. The van der Waals surface area contributed by atoms with Gasteiger partial charge < -0.3 is 24.2 Å². The van der Waals surface area contributed by atoms with Gasteiger partial charge in [-0.05, 0) is 25.8 Å². The van der Waals surface area contributed by atoms with Gasteiger partial charge >= 0.3 is 12.1 Å². The Balaban J connectivity index is 1.59. The lowest BCUT2D eigenvalue weighted by Crippen LogP contribution is -2.36. The molecular formula is C23H23N3O6S. The van der Waals surface area contributed by atoms with E-state index < -0.39 is 18.0 Å². The Hall–Kier alpha value is -3.66. The standard InChI is InChI=1S/C23H23N3O6S/c1-3-30-22(28)19-15-10-11-26(23(29)31-4-2)13-18(15)33-21(19)24-20(27)16-12-17(32-25-16)14-8-6-5-7-9-14/h5-9,12H,3-4,10-11,13H2,1-2H3,(H,24,27). The minimum absolute atomic E-state index is 0.0863. The first-order valence-electron chi connectivity index (χ1n) is 10.6. The van der Waals surface area contributed by atoms with Crippen molar-refractivity contribution in [3.63, 3.8) is 0 Å². The van der Waals surface area contributed by atoms with Gasteiger partial charge in [-0.3, -0.25) is 4.79 Å². The number of esters is 1. The fourth-order valence-corrected chi connectivity index (χ4v) is 4.82. The molecule has 0 bridgehead atoms. The van der Waals surface area contributed by atoms with E-state index in [1.165, 1.54) is 11.3 Å². The minimum atomic E-state index is -0.514. The number of benzene rings is 1. The highest BCUT2D eigenvalue weighted by Crippen LogP contribution is 2.38. The summed E-state index contributed by atoms with van der Waals surface area (Å²) in [6.45, 7) is 4.66. The molecule has 3 aromatic rings. The number of rotatable bonds is 6. The Morgan fingerprint density at radius 3 is 2.64 bits per heavy atom. The molecular weight excluding hydrogens is 446 g/mol. The zero-order valence-corrected chi connectivity index (χ0v) is 19.1. The Morgan fingerprint density at radius 2 is 1.91 bits per heavy atom. The number of carbonyl (C=O) groups excluding carboxylic acids is 3. The van der Waals surface area contributed by atoms with Crippen LogP contribution in [0.5, 0.6) is 0 Å². The van der Waals surface area contributed by atoms with Crippen molar-refractivity contribution in [3.05, 3.63) is 58.1 Å². The van der Waals surface area contributed by atoms with E-state index in [0.717, 1.165) is 16.0 Å². The van der Waals surface area contributed by atoms with Crippen LogP contribution in [-0.2, 0) is 22.4 Å². The highest BCUT2D eigenvalue weighted by atomic mass is 32.1. The van der Waals surface area contributed by atoms with E-state index in [4.69, 9.17) is 14.0 Å². The van der Waals surface area contributed by atoms with E-state index in [0.29, 0.717) is 35.8 Å². The van der Waals surface area contributed by atoms with Crippen molar-refractivity contribution in [2.45, 2.75) is 26.8 Å². The van der Waals surface area contributed by atoms with Gasteiger partial charge in [0.1, 0.15) is 5.00 Å². The molecule has 1 aromatic carbocycles. The van der Waals surface area contributed by atoms with E-state index in [-0.39, 0.29) is 18.9 Å². The molecule has 0 aliphatic carbocycles. The van der Waals surface area contributed by atoms with Crippen molar-refractivity contribution in [2.75, 3.05) is 25.1 Å². The van der Waals surface area contributed by atoms with Crippen LogP contribution in [0.3, 0.4) is 0 Å². The van der Waals surface area contributed by atoms with E-state index >= 15 is 0 Å². The van der Waals surface area contributed by atoms with Gasteiger partial charge in [-0.25, -0.2) is 9.59 Å². The number of nitrogens with one attached hydrogen (secondary N) is 1. The van der Waals surface area contributed by atoms with Gasteiger partial charge in [0.2, 0.25) is 0 Å². The lowest BCUT2D eigenvalue weighted by atomic mass is 10.0. The molecule has 0 atom stereocenters. The predicted octanol–water partition coefficient (Wildman–Crippen LogP) is 4.35. The van der Waals surface area contributed by atoms with Gasteiger partial charge in [0, 0.05) is 23.1 Å². The van der Waals surface area contributed by atoms with Crippen LogP contribution in [0.2, 0.25) is 0 Å². The largest absolute Gasteiger partial charge is 0.462 e. The number of amides is 2. The van der Waals surface area contributed by atoms with Gasteiger partial charge in [0.25, 0.3) is 5.91 Å². The third kappa shape index (κ3) is 4.75. The highest BCUT2D eigenvalue weighted by molar-refractivity contribution is 7.17. The Kier molecular flexibility index (Phi) is 6.74. The first kappa shape index (κ1) is 22.5. The third-order valence-corrected chi connectivity index (χ3v) is 6.22. The molecule has 0 fully saturated rings. The van der Waals surface area contributed by atoms with E-state index in [1.807, 2.05) is 30.3 Å². The summed E-state index contributed by atoms with van der Waals surface area (Å²) in [5, 5.41) is 7.01. The summed E-state index contributed by atoms with van der Waals surface area (Å²) in [4.78, 5) is 40.1. The molecule has 1 N–H and O–H groups in total. The van der Waals surface area contributed by atoms with Gasteiger partial charge in [0.15, 0.2) is 11.5 Å². The second kappa shape index (κ2) is 9.86. The van der Waals surface area contributed by atoms with Crippen molar-refractivity contribution >= 4 is 34.3 Å². The van der Waals surface area contributed by atoms with Gasteiger partial charge in [-0.1, -0.05) is 35.5 Å². The number of anilines is 1. The minimum Gasteiger partial charge on any atom is -0.462 e. The fourth-order valence-electron chi connectivity index (χ4n) is 3.57. The molecule has 33 heavy (non-hydrogen) atoms. The van der Waals surface area contributed by atoms with Crippen molar-refractivity contribution in [1.29, 1.82) is 0 Å². The summed E-state index contributed by atoms with van der Waals surface area (Å²) >= 11 is 1.24. The quantitative estimate of drug-likeness (QED) is 0.534. The molecule has 9 nitrogen and oxygen atoms in total. The molecule has 2 amide bonds. The highest BCUT2D eigenvalue weighted by Gasteiger charge is 2.32. The maximum Gasteiger partial charge on any atom is 0.410 e. The number of hydrogen-bond donors (Lipinski definition) is 1. The fraction of sp³-hybridized carbons (Fsp3) is 0.304. The molecule has 0 radical (unpaired) electrons. The molecule has 1 aliphatic heterocycles. The lowest BCUT2D eigenvalue weighted by molar-refractivity contribution is 0.0526. The Labute approximate surface area is 194 Å². The van der Waals surface area contributed by atoms with Gasteiger partial charge in [-0.2, -0.15) is 0 Å². The molecule has 0 saturated heterocycles. The van der Waals surface area contributed by atoms with Crippen LogP contribution >= 0.6 is 11.3 Å². The second-order valence-corrected chi connectivity index (χ2v) is 8.30. The van der Waals surface area contributed by atoms with E-state index in [1.54, 1.807) is 24.8 Å². The van der Waals surface area contributed by atoms with Crippen molar-refractivity contribution in [1.82, 2.24) is 10.1 Å². The summed E-state index contributed by atoms with van der Waals surface area (Å²) in [7, 11) is 0. The molecule has 0 saturated carbocycles. The van der Waals surface area contributed by atoms with Crippen LogP contribution < -0.4 is 5.32 Å². The Morgan fingerprint density at radius 1 is 1.15 bits per heavy atom. The zero-order chi connectivity index (χ0) is 23.4. The first-order valence-corrected chi connectivity index (χ1v) is 11.4. The van der Waals surface area contributed by atoms with Crippen LogP contribution in [0.4, 0.5) is 9.80 Å². The normalized spacial score (nSPS) is 12.7. The number of nitrogens with zero attached hydrogens (tertiary/aromatic N) is 2. The number of ether oxygens (including phenoxy) is 2. The number of aromatic nitrogens is 1. The van der Waals surface area contributed by atoms with Crippen LogP contribution in [0.25, 0.3) is 11.3 Å². The molecule has 0 spiro atoms. The number of hydrogen-bond acceptors (Lipinski definition) is 8. The molecule has 172 valence electrons. The maximum absolute atomic E-state index is 12.9. The average molecular weight is 470 g/mol. The number of carbonyl (C=O) groups is 3. The van der Waals surface area contributed by atoms with Crippen molar-refractivity contribution in [3.8, 4) is 11.3 Å². The van der Waals surface area contributed by atoms with Crippen LogP contribution in [0.1, 0.15) is 45.1 Å². The molecule has 10 heteroatoms. The molecule has 2 aromatic heterocycles. The smallest absolute Gasteiger partial charge is 0.410 e. The van der Waals surface area contributed by atoms with Gasteiger partial charge in [-0.15, -0.1) is 11.3 Å². The molecule has 1 aliphatic rings. The average Bonchev–Trinajstić information content (AvgIpc) is 3.44. The first-order chi connectivity index (χ1) is 16.0. The SMILES string of the molecule is CCOC(=O)c1c(NC(=O)c2cc(-c3ccccc3)on2)sc2c1CCN(C(=O)OCC)C2. The van der Waals surface area contributed by atoms with Crippen LogP contribution in [-0.4, -0.2) is 47.8 Å². The van der Waals surface area contributed by atoms with Crippen LogP contribution in [0, 0.1) is 0 Å². The summed E-state index contributed by atoms with van der Waals surface area (Å²) in [5.74, 6) is -0.561. The van der Waals surface area contributed by atoms with E-state index in [2.05, 4.69) is 10.5 Å². The molecule has 4 rings (SSSR count). The van der Waals surface area contributed by atoms with Crippen molar-refractivity contribution in [2.24, 2.45) is 0 Å². The molecule has 0 unspecified atom stereocenters. The summed E-state index contributed by atoms with van der Waals surface area (Å²) < 4.78 is 15.6. The topological polar surface area (TPSA) is 111 Å². The predicted molar refractivity (Wildman–Crippen MR) is 121 cm³/mol. The van der Waals surface area contributed by atoms with Crippen molar-refractivity contribution < 1.29 is 28.4 Å². The lowest BCUT2D eigenvalue weighted by Gasteiger charge is -2.26. The van der Waals surface area contributed by atoms with E-state index in [9.17, 15) is 14.4 Å². The third-order valence-electron chi connectivity index (χ3n) is 5.09. The Bertz CT molecular complexity index is 1170. The summed E-state index contributed by atoms with van der Waals surface area (Å²) in [6.07, 6.45) is 0.0485. The zero-order valence-electron chi connectivity index (χ0n) is 18.3. The maximum atomic E-state index is 12.9. The van der Waals surface area contributed by atoms with Crippen LogP contribution in [0.15, 0.2) is 40.9 Å². The summed E-state index contributed by atoms with van der Waals surface area (Å²) in [6, 6.07) is 10.8. The molecule has 3 heterocycles. The monoisotopic (exact) mass is 469 g/mol. The summed E-state index contributed by atoms with van der Waals surface area (Å²) in [5.41, 5.74) is 1.98. The number of thiophene rings is 1. The second-order valence-electron chi connectivity index (χ2n) is 7.20. The van der Waals surface area contributed by atoms with Gasteiger partial charge in [0.05, 0.1) is 25.3 Å².